The third kappa shape index (κ3) is 15.1. The lowest BCUT2D eigenvalue weighted by molar-refractivity contribution is -0.564. The first-order chi connectivity index (χ1) is 23.5. The van der Waals surface area contributed by atoms with E-state index in [0.717, 1.165) is 25.7 Å². The highest BCUT2D eigenvalue weighted by molar-refractivity contribution is 5.56. The van der Waals surface area contributed by atoms with Crippen LogP contribution in [-0.2, 0) is 23.7 Å². The van der Waals surface area contributed by atoms with E-state index in [-0.39, 0.29) is 11.6 Å². The first kappa shape index (κ1) is 43.9. The van der Waals surface area contributed by atoms with Gasteiger partial charge in [0.25, 0.3) is 0 Å². The Balaban J connectivity index is 1.78. The van der Waals surface area contributed by atoms with Gasteiger partial charge in [0.05, 0.1) is 25.6 Å². The van der Waals surface area contributed by atoms with Crippen molar-refractivity contribution >= 4 is 0 Å². The van der Waals surface area contributed by atoms with Gasteiger partial charge in [0, 0.05) is 18.8 Å². The summed E-state index contributed by atoms with van der Waals surface area (Å²) >= 11 is 0. The molecule has 0 radical (unpaired) electrons. The van der Waals surface area contributed by atoms with Crippen molar-refractivity contribution in [1.29, 1.82) is 0 Å². The topological polar surface area (TPSA) is 90.4 Å². The molecule has 23 heteroatoms. The third-order valence-electron chi connectivity index (χ3n) is 5.79. The second-order valence-electron chi connectivity index (χ2n) is 10.2. The molecule has 292 valence electrons. The van der Waals surface area contributed by atoms with E-state index in [1.54, 1.807) is 9.47 Å². The van der Waals surface area contributed by atoms with Gasteiger partial charge in [-0.05, 0) is 43.5 Å². The number of hydrogen-bond acceptors (Lipinski definition) is 9. The number of aromatic nitrogens is 2. The molecular formula is C28H30F14N2O7. The van der Waals surface area contributed by atoms with Crippen molar-refractivity contribution in [2.24, 2.45) is 0 Å². The van der Waals surface area contributed by atoms with Crippen LogP contribution >= 0.6 is 0 Å². The maximum Gasteiger partial charge on any atom is 0.527 e. The molecule has 0 spiro atoms. The number of halogens is 14. The summed E-state index contributed by atoms with van der Waals surface area (Å²) in [6, 6.07) is 5.65. The monoisotopic (exact) mass is 772 g/mol. The molecule has 1 unspecified atom stereocenters. The third-order valence-corrected chi connectivity index (χ3v) is 5.79. The normalized spacial score (nSPS) is 14.1. The Labute approximate surface area is 280 Å². The molecule has 0 bridgehead atoms. The van der Waals surface area contributed by atoms with Gasteiger partial charge in [-0.1, -0.05) is 13.3 Å². The van der Waals surface area contributed by atoms with E-state index in [1.807, 2.05) is 0 Å². The van der Waals surface area contributed by atoms with Gasteiger partial charge in [0.2, 0.25) is 0 Å². The number of hydrogen-bond donors (Lipinski definition) is 0. The van der Waals surface area contributed by atoms with Crippen LogP contribution in [-0.4, -0.2) is 92.7 Å². The van der Waals surface area contributed by atoms with E-state index in [4.69, 9.17) is 14.2 Å². The molecule has 1 aromatic carbocycles. The Hall–Kier alpha value is -3.28. The number of ether oxygens (including phenoxy) is 7. The van der Waals surface area contributed by atoms with Crippen molar-refractivity contribution in [2.45, 2.75) is 75.7 Å². The maximum atomic E-state index is 14.1. The van der Waals surface area contributed by atoms with Gasteiger partial charge < -0.3 is 18.9 Å². The van der Waals surface area contributed by atoms with Gasteiger partial charge in [-0.3, -0.25) is 0 Å². The summed E-state index contributed by atoms with van der Waals surface area (Å²) in [5.41, 5.74) is 0.500. The fourth-order valence-corrected chi connectivity index (χ4v) is 3.39. The summed E-state index contributed by atoms with van der Waals surface area (Å²) in [6.45, 7) is -0.834. The van der Waals surface area contributed by atoms with Crippen LogP contribution in [0.2, 0.25) is 0 Å². The summed E-state index contributed by atoms with van der Waals surface area (Å²) in [7, 11) is 0. The quantitative estimate of drug-likeness (QED) is 0.0772. The lowest BCUT2D eigenvalue weighted by Crippen LogP contribution is -2.57. The smallest absolute Gasteiger partial charge is 0.490 e. The fraction of sp³-hybridized carbons (Fsp3) is 0.643. The zero-order valence-corrected chi connectivity index (χ0v) is 26.2. The molecule has 0 amide bonds. The number of alkyl halides is 14. The van der Waals surface area contributed by atoms with Crippen LogP contribution in [0.4, 0.5) is 61.5 Å². The Morgan fingerprint density at radius 1 is 0.588 bits per heavy atom. The summed E-state index contributed by atoms with van der Waals surface area (Å²) < 4.78 is 209. The molecule has 0 N–H and O–H groups in total. The van der Waals surface area contributed by atoms with E-state index >= 15 is 0 Å². The predicted molar refractivity (Wildman–Crippen MR) is 143 cm³/mol. The van der Waals surface area contributed by atoms with Crippen LogP contribution in [0.15, 0.2) is 36.7 Å². The SMILES string of the molecule is CCCCOCCCCOc1cnc(-c2ccc(OCC(F)COCC(F)(F)OC(F)(F)C(F)(F)OC(F)(F)C(F)(F)OC(F)(F)F)cc2)nc1. The van der Waals surface area contributed by atoms with Crippen LogP contribution in [0.1, 0.15) is 32.6 Å². The first-order valence-electron chi connectivity index (χ1n) is 14.5. The van der Waals surface area contributed by atoms with Crippen molar-refractivity contribution in [3.8, 4) is 22.9 Å². The Morgan fingerprint density at radius 2 is 1.12 bits per heavy atom. The fourth-order valence-electron chi connectivity index (χ4n) is 3.39. The molecule has 9 nitrogen and oxygen atoms in total. The number of nitrogens with zero attached hydrogens (tertiary/aromatic N) is 2. The van der Waals surface area contributed by atoms with Gasteiger partial charge >= 0.3 is 36.9 Å². The summed E-state index contributed by atoms with van der Waals surface area (Å²) in [4.78, 5) is 8.35. The zero-order valence-electron chi connectivity index (χ0n) is 26.2. The van der Waals surface area contributed by atoms with Crippen LogP contribution in [0.3, 0.4) is 0 Å². The molecule has 2 aromatic rings. The average molecular weight is 773 g/mol. The van der Waals surface area contributed by atoms with Gasteiger partial charge in [-0.25, -0.2) is 28.6 Å². The predicted octanol–water partition coefficient (Wildman–Crippen LogP) is 8.39. The van der Waals surface area contributed by atoms with Gasteiger partial charge in [-0.2, -0.15) is 43.9 Å². The minimum Gasteiger partial charge on any atom is -0.490 e. The highest BCUT2D eigenvalue weighted by Crippen LogP contribution is 2.48. The molecule has 1 atom stereocenters. The van der Waals surface area contributed by atoms with Crippen molar-refractivity contribution in [1.82, 2.24) is 9.97 Å². The first-order valence-corrected chi connectivity index (χ1v) is 14.5. The number of unbranched alkanes of at least 4 members (excludes halogenated alkanes) is 2. The summed E-state index contributed by atoms with van der Waals surface area (Å²) in [6.07, 6.45) is -36.1. The molecule has 0 aliphatic heterocycles. The highest BCUT2D eigenvalue weighted by atomic mass is 19.4. The summed E-state index contributed by atoms with van der Waals surface area (Å²) in [5, 5.41) is 0. The Bertz CT molecular complexity index is 1300. The second kappa shape index (κ2) is 18.5. The van der Waals surface area contributed by atoms with Gasteiger partial charge in [0.1, 0.15) is 19.0 Å². The molecule has 0 saturated heterocycles. The highest BCUT2D eigenvalue weighted by Gasteiger charge is 2.74. The minimum absolute atomic E-state index is 0.0403. The maximum absolute atomic E-state index is 14.1. The van der Waals surface area contributed by atoms with E-state index < -0.39 is 62.9 Å². The van der Waals surface area contributed by atoms with Crippen LogP contribution in [0.5, 0.6) is 11.5 Å². The molecule has 2 rings (SSSR count). The van der Waals surface area contributed by atoms with E-state index in [2.05, 4.69) is 26.4 Å². The molecule has 0 aliphatic rings. The van der Waals surface area contributed by atoms with Crippen molar-refractivity contribution in [2.75, 3.05) is 39.6 Å². The standard InChI is InChI=1S/C28H30F14N2O7/c1-2-3-10-45-11-4-5-12-47-21-13-43-22(44-14-21)18-6-8-20(9-7-18)48-16-19(29)15-46-17-23(30,31)49-24(32,33)25(34,35)50-26(36,37)27(38,39)51-28(40,41)42/h6-9,13-14,19H,2-5,10-12,15-17H2,1H3. The lowest BCUT2D eigenvalue weighted by atomic mass is 10.2. The minimum atomic E-state index is -7.16. The Kier molecular flexibility index (Phi) is 15.9. The van der Waals surface area contributed by atoms with Crippen LogP contribution in [0.25, 0.3) is 11.4 Å². The van der Waals surface area contributed by atoms with E-state index in [1.165, 1.54) is 36.7 Å². The summed E-state index contributed by atoms with van der Waals surface area (Å²) in [5.74, 6) is 0.756. The molecular weight excluding hydrogens is 742 g/mol. The number of benzene rings is 1. The Morgan fingerprint density at radius 3 is 1.69 bits per heavy atom. The number of rotatable bonds is 24. The molecule has 1 heterocycles. The largest absolute Gasteiger partial charge is 0.527 e. The molecule has 0 fully saturated rings. The van der Waals surface area contributed by atoms with Crippen molar-refractivity contribution in [3.63, 3.8) is 0 Å². The second-order valence-corrected chi connectivity index (χ2v) is 10.2. The zero-order chi connectivity index (χ0) is 38.6. The van der Waals surface area contributed by atoms with Crippen molar-refractivity contribution < 1.29 is 94.6 Å². The van der Waals surface area contributed by atoms with Gasteiger partial charge in [-0.15, -0.1) is 13.2 Å². The van der Waals surface area contributed by atoms with Crippen LogP contribution < -0.4 is 9.47 Å². The molecule has 0 saturated carbocycles. The van der Waals surface area contributed by atoms with Crippen LogP contribution in [0, 0.1) is 0 Å². The molecule has 1 aromatic heterocycles. The van der Waals surface area contributed by atoms with Gasteiger partial charge in [0.15, 0.2) is 17.7 Å². The molecule has 51 heavy (non-hydrogen) atoms. The van der Waals surface area contributed by atoms with E-state index in [0.29, 0.717) is 31.1 Å². The average Bonchev–Trinajstić information content (AvgIpc) is 2.99. The van der Waals surface area contributed by atoms with E-state index in [9.17, 15) is 61.5 Å². The lowest BCUT2D eigenvalue weighted by Gasteiger charge is -2.33. The molecule has 0 aliphatic carbocycles. The van der Waals surface area contributed by atoms with Crippen molar-refractivity contribution in [3.05, 3.63) is 36.7 Å².